The van der Waals surface area contributed by atoms with E-state index in [-0.39, 0.29) is 5.91 Å². The molecule has 2 atom stereocenters. The van der Waals surface area contributed by atoms with Gasteiger partial charge in [-0.05, 0) is 50.5 Å². The van der Waals surface area contributed by atoms with Gasteiger partial charge in [-0.15, -0.1) is 0 Å². The van der Waals surface area contributed by atoms with Crippen LogP contribution in [0.5, 0.6) is 0 Å². The number of carbonyl (C=O) groups excluding carboxylic acids is 1. The van der Waals surface area contributed by atoms with E-state index >= 15 is 0 Å². The number of piperidine rings is 1. The molecule has 0 spiro atoms. The second kappa shape index (κ2) is 7.80. The van der Waals surface area contributed by atoms with Gasteiger partial charge in [-0.2, -0.15) is 5.26 Å². The number of nitriles is 1. The highest BCUT2D eigenvalue weighted by Gasteiger charge is 2.20. The van der Waals surface area contributed by atoms with E-state index in [0.29, 0.717) is 11.1 Å². The van der Waals surface area contributed by atoms with Crippen molar-refractivity contribution in [2.75, 3.05) is 19.6 Å². The number of benzene rings is 1. The highest BCUT2D eigenvalue weighted by Crippen LogP contribution is 2.03. The highest BCUT2D eigenvalue weighted by atomic mass is 16.1. The third-order valence-electron chi connectivity index (χ3n) is 4.32. The van der Waals surface area contributed by atoms with Gasteiger partial charge in [0, 0.05) is 18.5 Å². The molecule has 1 fully saturated rings. The first-order chi connectivity index (χ1) is 10.2. The van der Waals surface area contributed by atoms with Crippen molar-refractivity contribution < 1.29 is 9.69 Å². The van der Waals surface area contributed by atoms with E-state index < -0.39 is 0 Å². The van der Waals surface area contributed by atoms with Crippen molar-refractivity contribution in [3.63, 3.8) is 0 Å². The van der Waals surface area contributed by atoms with Crippen LogP contribution in [0.4, 0.5) is 0 Å². The predicted octanol–water partition coefficient (Wildman–Crippen LogP) is 1.14. The van der Waals surface area contributed by atoms with Crippen LogP contribution in [0, 0.1) is 11.3 Å². The fourth-order valence-electron chi connectivity index (χ4n) is 2.94. The lowest BCUT2D eigenvalue weighted by molar-refractivity contribution is -0.928. The fraction of sp³-hybridized carbons (Fsp3) is 0.529. The lowest BCUT2D eigenvalue weighted by atomic mass is 10.0. The lowest BCUT2D eigenvalue weighted by Crippen LogP contribution is -3.16. The van der Waals surface area contributed by atoms with Crippen molar-refractivity contribution in [2.24, 2.45) is 0 Å². The lowest BCUT2D eigenvalue weighted by Gasteiger charge is -2.30. The van der Waals surface area contributed by atoms with Crippen LogP contribution in [-0.2, 0) is 0 Å². The maximum absolute atomic E-state index is 12.0. The molecule has 0 bridgehead atoms. The monoisotopic (exact) mass is 286 g/mol. The number of quaternary nitrogens is 1. The van der Waals surface area contributed by atoms with Crippen LogP contribution in [0.15, 0.2) is 24.3 Å². The molecule has 1 aromatic carbocycles. The molecule has 1 aliphatic rings. The molecule has 0 aliphatic carbocycles. The van der Waals surface area contributed by atoms with E-state index in [9.17, 15) is 4.79 Å². The van der Waals surface area contributed by atoms with Crippen LogP contribution in [0.2, 0.25) is 0 Å². The van der Waals surface area contributed by atoms with Gasteiger partial charge in [0.2, 0.25) is 0 Å². The van der Waals surface area contributed by atoms with Crippen LogP contribution >= 0.6 is 0 Å². The van der Waals surface area contributed by atoms with Crippen molar-refractivity contribution in [1.29, 1.82) is 5.26 Å². The Hall–Kier alpha value is -1.86. The summed E-state index contributed by atoms with van der Waals surface area (Å²) in [5, 5.41) is 11.7. The van der Waals surface area contributed by atoms with E-state index in [1.165, 1.54) is 25.8 Å². The summed E-state index contributed by atoms with van der Waals surface area (Å²) in [5.74, 6) is -0.0545. The van der Waals surface area contributed by atoms with Crippen LogP contribution in [-0.4, -0.2) is 31.6 Å². The molecule has 4 heteroatoms. The molecule has 2 N–H and O–H groups in total. The predicted molar refractivity (Wildman–Crippen MR) is 82.1 cm³/mol. The summed E-state index contributed by atoms with van der Waals surface area (Å²) in [6.45, 7) is 5.44. The molecule has 0 saturated carbocycles. The molecule has 1 aliphatic heterocycles. The van der Waals surface area contributed by atoms with Crippen molar-refractivity contribution in [3.05, 3.63) is 35.4 Å². The van der Waals surface area contributed by atoms with E-state index in [1.807, 2.05) is 0 Å². The molecule has 0 aromatic heterocycles. The number of hydrogen-bond donors (Lipinski definition) is 2. The maximum Gasteiger partial charge on any atom is 0.251 e. The summed E-state index contributed by atoms with van der Waals surface area (Å²) in [5.41, 5.74) is 1.20. The van der Waals surface area contributed by atoms with Crippen molar-refractivity contribution in [1.82, 2.24) is 5.32 Å². The summed E-state index contributed by atoms with van der Waals surface area (Å²) < 4.78 is 0. The van der Waals surface area contributed by atoms with Crippen molar-refractivity contribution >= 4 is 5.91 Å². The summed E-state index contributed by atoms with van der Waals surface area (Å²) in [4.78, 5) is 13.6. The Balaban J connectivity index is 1.70. The van der Waals surface area contributed by atoms with Crippen molar-refractivity contribution in [2.45, 2.75) is 38.6 Å². The van der Waals surface area contributed by atoms with E-state index in [0.717, 1.165) is 25.6 Å². The molecule has 0 radical (unpaired) electrons. The smallest absolute Gasteiger partial charge is 0.251 e. The zero-order valence-electron chi connectivity index (χ0n) is 12.7. The van der Waals surface area contributed by atoms with Crippen LogP contribution < -0.4 is 10.2 Å². The maximum atomic E-state index is 12.0. The van der Waals surface area contributed by atoms with E-state index in [4.69, 9.17) is 5.26 Å². The first-order valence-electron chi connectivity index (χ1n) is 7.83. The van der Waals surface area contributed by atoms with Gasteiger partial charge in [0.1, 0.15) is 0 Å². The fourth-order valence-corrected chi connectivity index (χ4v) is 2.94. The Morgan fingerprint density at radius 3 is 2.81 bits per heavy atom. The van der Waals surface area contributed by atoms with E-state index in [2.05, 4.69) is 18.3 Å². The van der Waals surface area contributed by atoms with Gasteiger partial charge in [-0.1, -0.05) is 0 Å². The molecular formula is C17H24N3O+. The third kappa shape index (κ3) is 4.57. The second-order valence-electron chi connectivity index (χ2n) is 5.85. The number of hydrogen-bond acceptors (Lipinski definition) is 2. The normalized spacial score (nSPS) is 21.5. The molecule has 1 unspecified atom stereocenters. The van der Waals surface area contributed by atoms with Gasteiger partial charge in [0.15, 0.2) is 0 Å². The summed E-state index contributed by atoms with van der Waals surface area (Å²) >= 11 is 0. The summed E-state index contributed by atoms with van der Waals surface area (Å²) in [7, 11) is 0. The Morgan fingerprint density at radius 2 is 2.14 bits per heavy atom. The Labute approximate surface area is 126 Å². The molecule has 2 rings (SSSR count). The van der Waals surface area contributed by atoms with Gasteiger partial charge in [0.25, 0.3) is 5.91 Å². The van der Waals surface area contributed by atoms with Gasteiger partial charge in [-0.25, -0.2) is 0 Å². The minimum Gasteiger partial charge on any atom is -0.352 e. The third-order valence-corrected chi connectivity index (χ3v) is 4.32. The van der Waals surface area contributed by atoms with Crippen LogP contribution in [0.25, 0.3) is 0 Å². The quantitative estimate of drug-likeness (QED) is 0.797. The molecule has 1 saturated heterocycles. The number of amides is 1. The summed E-state index contributed by atoms with van der Waals surface area (Å²) in [6.07, 6.45) is 5.03. The van der Waals surface area contributed by atoms with Crippen LogP contribution in [0.1, 0.15) is 48.5 Å². The number of rotatable bonds is 5. The zero-order chi connectivity index (χ0) is 15.1. The highest BCUT2D eigenvalue weighted by molar-refractivity contribution is 5.94. The Morgan fingerprint density at radius 1 is 1.38 bits per heavy atom. The first-order valence-corrected chi connectivity index (χ1v) is 7.83. The summed E-state index contributed by atoms with van der Waals surface area (Å²) in [6, 6.07) is 9.56. The Bertz CT molecular complexity index is 504. The minimum absolute atomic E-state index is 0.0545. The SMILES string of the molecule is C[C@H]1CCCC[NH+]1CCCNC(=O)c1ccc(C#N)cc1. The molecule has 21 heavy (non-hydrogen) atoms. The first kappa shape index (κ1) is 15.5. The largest absolute Gasteiger partial charge is 0.352 e. The minimum atomic E-state index is -0.0545. The number of nitrogens with zero attached hydrogens (tertiary/aromatic N) is 1. The van der Waals surface area contributed by atoms with Gasteiger partial charge >= 0.3 is 0 Å². The topological polar surface area (TPSA) is 57.3 Å². The molecule has 4 nitrogen and oxygen atoms in total. The van der Waals surface area contributed by atoms with Crippen LogP contribution in [0.3, 0.4) is 0 Å². The number of carbonyl (C=O) groups is 1. The van der Waals surface area contributed by atoms with Crippen molar-refractivity contribution in [3.8, 4) is 6.07 Å². The molecule has 112 valence electrons. The van der Waals surface area contributed by atoms with Gasteiger partial charge in [0.05, 0.1) is 30.8 Å². The standard InChI is InChI=1S/C17H23N3O/c1-14-5-2-3-11-20(14)12-4-10-19-17(21)16-8-6-15(13-18)7-9-16/h6-9,14H,2-5,10-12H2,1H3,(H,19,21)/p+1/t14-/m0/s1. The Kier molecular flexibility index (Phi) is 5.77. The van der Waals surface area contributed by atoms with Gasteiger partial charge in [-0.3, -0.25) is 4.79 Å². The second-order valence-corrected chi connectivity index (χ2v) is 5.85. The molecule has 1 heterocycles. The molecule has 1 aromatic rings. The zero-order valence-corrected chi connectivity index (χ0v) is 12.7. The average Bonchev–Trinajstić information content (AvgIpc) is 2.53. The average molecular weight is 286 g/mol. The number of nitrogens with one attached hydrogen (secondary N) is 2. The molecule has 1 amide bonds. The van der Waals surface area contributed by atoms with E-state index in [1.54, 1.807) is 29.2 Å². The number of likely N-dealkylation sites (tertiary alicyclic amines) is 1. The van der Waals surface area contributed by atoms with Gasteiger partial charge < -0.3 is 10.2 Å². The molecular weight excluding hydrogens is 262 g/mol.